The normalized spacial score (nSPS) is 12.6. The Morgan fingerprint density at radius 2 is 1.83 bits per heavy atom. The third-order valence-electron chi connectivity index (χ3n) is 5.02. The minimum Gasteiger partial charge on any atom is -0.493 e. The maximum Gasteiger partial charge on any atom is 0.267 e. The Balaban J connectivity index is 1.61. The average molecular weight is 391 g/mol. The van der Waals surface area contributed by atoms with Gasteiger partial charge in [0.25, 0.3) is 5.56 Å². The molecule has 0 radical (unpaired) electrons. The molecule has 1 aromatic heterocycles. The van der Waals surface area contributed by atoms with Crippen LogP contribution in [0.1, 0.15) is 5.56 Å². The summed E-state index contributed by atoms with van der Waals surface area (Å²) in [6.07, 6.45) is 0.815. The van der Waals surface area contributed by atoms with Crippen molar-refractivity contribution >= 4 is 11.6 Å². The Labute approximate surface area is 168 Å². The van der Waals surface area contributed by atoms with Gasteiger partial charge in [0.05, 0.1) is 19.9 Å². The number of anilines is 1. The number of hydrogen-bond acceptors (Lipinski definition) is 5. The Morgan fingerprint density at radius 1 is 1.03 bits per heavy atom. The van der Waals surface area contributed by atoms with E-state index in [1.807, 2.05) is 30.3 Å². The fraction of sp³-hybridized carbons (Fsp3) is 0.227. The van der Waals surface area contributed by atoms with Crippen LogP contribution in [-0.2, 0) is 17.8 Å². The lowest BCUT2D eigenvalue weighted by Gasteiger charge is -2.17. The third-order valence-corrected chi connectivity index (χ3v) is 5.02. The van der Waals surface area contributed by atoms with E-state index >= 15 is 0 Å². The summed E-state index contributed by atoms with van der Waals surface area (Å²) in [6.45, 7) is 0.497. The number of carbonyl (C=O) groups is 1. The lowest BCUT2D eigenvalue weighted by Crippen LogP contribution is -2.36. The fourth-order valence-corrected chi connectivity index (χ4v) is 3.52. The number of ether oxygens (including phenoxy) is 2. The van der Waals surface area contributed by atoms with Gasteiger partial charge in [-0.15, -0.1) is 0 Å². The molecular weight excluding hydrogens is 370 g/mol. The van der Waals surface area contributed by atoms with Crippen LogP contribution in [-0.4, -0.2) is 36.5 Å². The molecule has 29 heavy (non-hydrogen) atoms. The number of amides is 1. The smallest absolute Gasteiger partial charge is 0.267 e. The fourth-order valence-electron chi connectivity index (χ4n) is 3.52. The summed E-state index contributed by atoms with van der Waals surface area (Å²) < 4.78 is 11.8. The summed E-state index contributed by atoms with van der Waals surface area (Å²) in [5.41, 5.74) is 3.05. The van der Waals surface area contributed by atoms with Gasteiger partial charge in [-0.1, -0.05) is 18.2 Å². The van der Waals surface area contributed by atoms with E-state index in [1.165, 1.54) is 10.7 Å². The number of rotatable bonds is 5. The SMILES string of the molecule is COc1ccc(-c2ccc(=O)n(CC(=O)N3CCc4ccccc43)n2)cc1OC. The van der Waals surface area contributed by atoms with Gasteiger partial charge in [-0.2, -0.15) is 5.10 Å². The number of fused-ring (bicyclic) bond motifs is 1. The van der Waals surface area contributed by atoms with Crippen LogP contribution in [0, 0.1) is 0 Å². The molecule has 0 spiro atoms. The highest BCUT2D eigenvalue weighted by molar-refractivity contribution is 5.95. The van der Waals surface area contributed by atoms with E-state index in [1.54, 1.807) is 37.3 Å². The molecule has 0 saturated carbocycles. The van der Waals surface area contributed by atoms with Gasteiger partial charge in [0.2, 0.25) is 5.91 Å². The number of aromatic nitrogens is 2. The summed E-state index contributed by atoms with van der Waals surface area (Å²) in [6, 6.07) is 16.3. The minimum atomic E-state index is -0.324. The molecule has 0 bridgehead atoms. The summed E-state index contributed by atoms with van der Waals surface area (Å²) in [7, 11) is 3.13. The van der Waals surface area contributed by atoms with Crippen LogP contribution in [0.15, 0.2) is 59.4 Å². The molecule has 0 unspecified atom stereocenters. The maximum absolute atomic E-state index is 12.9. The van der Waals surface area contributed by atoms with Gasteiger partial charge in [0.1, 0.15) is 6.54 Å². The second-order valence-electron chi connectivity index (χ2n) is 6.71. The molecule has 1 aliphatic rings. The first-order valence-electron chi connectivity index (χ1n) is 9.29. The van der Waals surface area contributed by atoms with Gasteiger partial charge in [-0.05, 0) is 42.3 Å². The van der Waals surface area contributed by atoms with Crippen molar-refractivity contribution in [1.82, 2.24) is 9.78 Å². The van der Waals surface area contributed by atoms with Crippen LogP contribution in [0.25, 0.3) is 11.3 Å². The lowest BCUT2D eigenvalue weighted by atomic mass is 10.1. The molecule has 0 saturated heterocycles. The first-order valence-corrected chi connectivity index (χ1v) is 9.29. The molecule has 7 heteroatoms. The maximum atomic E-state index is 12.9. The number of hydrogen-bond donors (Lipinski definition) is 0. The van der Waals surface area contributed by atoms with Gasteiger partial charge in [0.15, 0.2) is 11.5 Å². The lowest BCUT2D eigenvalue weighted by molar-refractivity contribution is -0.119. The largest absolute Gasteiger partial charge is 0.493 e. The predicted molar refractivity (Wildman–Crippen MR) is 110 cm³/mol. The molecule has 4 rings (SSSR count). The molecule has 0 aliphatic carbocycles. The zero-order valence-electron chi connectivity index (χ0n) is 16.3. The van der Waals surface area contributed by atoms with E-state index in [4.69, 9.17) is 9.47 Å². The van der Waals surface area contributed by atoms with Crippen molar-refractivity contribution in [3.63, 3.8) is 0 Å². The van der Waals surface area contributed by atoms with E-state index in [9.17, 15) is 9.59 Å². The highest BCUT2D eigenvalue weighted by Gasteiger charge is 2.24. The standard InChI is InChI=1S/C22H21N3O4/c1-28-19-9-7-16(13-20(19)29-2)17-8-10-21(26)25(23-17)14-22(27)24-12-11-15-5-3-4-6-18(15)24/h3-10,13H,11-12,14H2,1-2H3. The highest BCUT2D eigenvalue weighted by Crippen LogP contribution is 2.31. The molecule has 1 aliphatic heterocycles. The summed E-state index contributed by atoms with van der Waals surface area (Å²) >= 11 is 0. The van der Waals surface area contributed by atoms with Crippen LogP contribution >= 0.6 is 0 Å². The van der Waals surface area contributed by atoms with Gasteiger partial charge < -0.3 is 14.4 Å². The monoisotopic (exact) mass is 391 g/mol. The van der Waals surface area contributed by atoms with E-state index in [0.29, 0.717) is 23.7 Å². The highest BCUT2D eigenvalue weighted by atomic mass is 16.5. The summed E-state index contributed by atoms with van der Waals surface area (Å²) in [5.74, 6) is 1.01. The second-order valence-corrected chi connectivity index (χ2v) is 6.71. The molecule has 148 valence electrons. The molecule has 0 N–H and O–H groups in total. The van der Waals surface area contributed by atoms with Crippen molar-refractivity contribution < 1.29 is 14.3 Å². The Bertz CT molecular complexity index is 1120. The van der Waals surface area contributed by atoms with Crippen molar-refractivity contribution in [1.29, 1.82) is 0 Å². The summed E-state index contributed by atoms with van der Waals surface area (Å²) in [4.78, 5) is 26.9. The number of benzene rings is 2. The Kier molecular flexibility index (Phi) is 5.03. The van der Waals surface area contributed by atoms with Gasteiger partial charge >= 0.3 is 0 Å². The number of carbonyl (C=O) groups excluding carboxylic acids is 1. The predicted octanol–water partition coefficient (Wildman–Crippen LogP) is 2.52. The van der Waals surface area contributed by atoms with Crippen molar-refractivity contribution in [2.24, 2.45) is 0 Å². The van der Waals surface area contributed by atoms with Gasteiger partial charge in [0, 0.05) is 23.9 Å². The molecule has 1 amide bonds. The average Bonchev–Trinajstić information content (AvgIpc) is 3.19. The third kappa shape index (κ3) is 3.59. The quantitative estimate of drug-likeness (QED) is 0.668. The minimum absolute atomic E-state index is 0.117. The van der Waals surface area contributed by atoms with Crippen molar-refractivity contribution in [3.8, 4) is 22.8 Å². The van der Waals surface area contributed by atoms with Crippen molar-refractivity contribution in [2.45, 2.75) is 13.0 Å². The van der Waals surface area contributed by atoms with Crippen molar-refractivity contribution in [2.75, 3.05) is 25.7 Å². The van der Waals surface area contributed by atoms with E-state index in [0.717, 1.165) is 23.2 Å². The Morgan fingerprint density at radius 3 is 2.62 bits per heavy atom. The summed E-state index contributed by atoms with van der Waals surface area (Å²) in [5, 5.41) is 4.40. The number of para-hydroxylation sites is 1. The van der Waals surface area contributed by atoms with Crippen LogP contribution in [0.4, 0.5) is 5.69 Å². The van der Waals surface area contributed by atoms with Crippen LogP contribution < -0.4 is 19.9 Å². The zero-order chi connectivity index (χ0) is 20.4. The number of methoxy groups -OCH3 is 2. The molecule has 7 nitrogen and oxygen atoms in total. The molecule has 0 atom stereocenters. The van der Waals surface area contributed by atoms with Crippen LogP contribution in [0.5, 0.6) is 11.5 Å². The first-order chi connectivity index (χ1) is 14.1. The van der Waals surface area contributed by atoms with Gasteiger partial charge in [-0.25, -0.2) is 4.68 Å². The topological polar surface area (TPSA) is 73.7 Å². The molecular formula is C22H21N3O4. The molecule has 3 aromatic rings. The molecule has 2 aromatic carbocycles. The Hall–Kier alpha value is -3.61. The second kappa shape index (κ2) is 7.79. The van der Waals surface area contributed by atoms with E-state index in [2.05, 4.69) is 5.10 Å². The van der Waals surface area contributed by atoms with Crippen molar-refractivity contribution in [3.05, 3.63) is 70.5 Å². The van der Waals surface area contributed by atoms with Crippen LogP contribution in [0.2, 0.25) is 0 Å². The van der Waals surface area contributed by atoms with Gasteiger partial charge in [-0.3, -0.25) is 9.59 Å². The van der Waals surface area contributed by atoms with E-state index in [-0.39, 0.29) is 18.0 Å². The first kappa shape index (κ1) is 18.7. The number of nitrogens with zero attached hydrogens (tertiary/aromatic N) is 3. The van der Waals surface area contributed by atoms with Crippen LogP contribution in [0.3, 0.4) is 0 Å². The molecule has 0 fully saturated rings. The zero-order valence-corrected chi connectivity index (χ0v) is 16.3. The van der Waals surface area contributed by atoms with E-state index < -0.39 is 0 Å². The molecule has 2 heterocycles.